The van der Waals surface area contributed by atoms with Crippen LogP contribution in [-0.4, -0.2) is 57.8 Å². The summed E-state index contributed by atoms with van der Waals surface area (Å²) in [4.78, 5) is 24.1. The maximum absolute atomic E-state index is 13.2. The van der Waals surface area contributed by atoms with Gasteiger partial charge in [-0.2, -0.15) is 13.2 Å². The molecule has 0 aliphatic carbocycles. The number of amides is 1. The number of alkyl halides is 3. The van der Waals surface area contributed by atoms with Gasteiger partial charge in [0.1, 0.15) is 0 Å². The lowest BCUT2D eigenvalue weighted by Crippen LogP contribution is -2.43. The lowest BCUT2D eigenvalue weighted by atomic mass is 10.1. The van der Waals surface area contributed by atoms with Crippen molar-refractivity contribution in [2.45, 2.75) is 24.5 Å². The zero-order valence-corrected chi connectivity index (χ0v) is 23.4. The second-order valence-corrected chi connectivity index (χ2v) is 11.0. The number of hydrogen-bond acceptors (Lipinski definition) is 6. The molecule has 0 aromatic heterocycles. The van der Waals surface area contributed by atoms with Gasteiger partial charge in [-0.1, -0.05) is 48.0 Å². The normalized spacial score (nSPS) is 13.5. The van der Waals surface area contributed by atoms with E-state index in [-0.39, 0.29) is 17.3 Å². The number of aliphatic carboxylic acids is 1. The molecule has 3 aromatic carbocycles. The average Bonchev–Trinajstić information content (AvgIpc) is 2.92. The van der Waals surface area contributed by atoms with Crippen LogP contribution in [0.3, 0.4) is 0 Å². The molecular weight excluding hydrogens is 585 g/mol. The third kappa shape index (κ3) is 8.84. The molecule has 3 aromatic rings. The Bertz CT molecular complexity index is 1500. The molecule has 1 aliphatic rings. The summed E-state index contributed by atoms with van der Waals surface area (Å²) in [5.74, 6) is -3.07. The molecule has 41 heavy (non-hydrogen) atoms. The Morgan fingerprint density at radius 3 is 2.24 bits per heavy atom. The van der Waals surface area contributed by atoms with E-state index in [0.717, 1.165) is 37.4 Å². The number of aryl methyl sites for hydroxylation is 1. The number of piperazine rings is 1. The number of carboxylic acids is 1. The van der Waals surface area contributed by atoms with Crippen LogP contribution >= 0.6 is 11.6 Å². The van der Waals surface area contributed by atoms with Gasteiger partial charge in [0.05, 0.1) is 16.3 Å². The lowest BCUT2D eigenvalue weighted by Gasteiger charge is -2.31. The first-order chi connectivity index (χ1) is 19.3. The summed E-state index contributed by atoms with van der Waals surface area (Å²) < 4.78 is 60.9. The average molecular weight is 613 g/mol. The molecule has 14 heteroatoms. The third-order valence-electron chi connectivity index (χ3n) is 5.98. The molecule has 1 amide bonds. The minimum Gasteiger partial charge on any atom is -0.475 e. The molecule has 0 unspecified atom stereocenters. The fourth-order valence-corrected chi connectivity index (χ4v) is 5.43. The zero-order chi connectivity index (χ0) is 30.2. The standard InChI is InChI=1S/C25H27ClN4O3S.C2HF3O2/c1-18-6-2-5-9-24(18)34(32,33)29-22-16-19(10-11-23(22)30-14-12-27-13-15-30)25(31)28-17-20-7-3-4-8-21(20)26;3-2(4,5)1(6)7/h2-11,16,27,29H,12-15,17H2,1H3,(H,28,31);(H,6,7). The van der Waals surface area contributed by atoms with Gasteiger partial charge in [0, 0.05) is 43.3 Å². The summed E-state index contributed by atoms with van der Waals surface area (Å²) in [5.41, 5.74) is 2.91. The van der Waals surface area contributed by atoms with E-state index in [1.165, 1.54) is 0 Å². The predicted molar refractivity (Wildman–Crippen MR) is 150 cm³/mol. The molecule has 4 rings (SSSR count). The van der Waals surface area contributed by atoms with E-state index in [1.807, 2.05) is 18.2 Å². The van der Waals surface area contributed by atoms with Gasteiger partial charge >= 0.3 is 12.1 Å². The number of rotatable bonds is 7. The lowest BCUT2D eigenvalue weighted by molar-refractivity contribution is -0.192. The number of nitrogens with one attached hydrogen (secondary N) is 3. The smallest absolute Gasteiger partial charge is 0.475 e. The second kappa shape index (κ2) is 13.7. The Hall–Kier alpha value is -3.81. The zero-order valence-electron chi connectivity index (χ0n) is 21.8. The number of carbonyl (C=O) groups is 2. The number of anilines is 2. The number of nitrogens with zero attached hydrogens (tertiary/aromatic N) is 1. The van der Waals surface area contributed by atoms with Gasteiger partial charge < -0.3 is 20.6 Å². The van der Waals surface area contributed by atoms with Crippen molar-refractivity contribution < 1.29 is 36.3 Å². The number of benzene rings is 3. The van der Waals surface area contributed by atoms with Crippen LogP contribution < -0.4 is 20.3 Å². The fraction of sp³-hybridized carbons (Fsp3) is 0.259. The van der Waals surface area contributed by atoms with Gasteiger partial charge in [-0.05, 0) is 48.4 Å². The molecule has 0 atom stereocenters. The van der Waals surface area contributed by atoms with Crippen molar-refractivity contribution in [3.05, 3.63) is 88.4 Å². The molecule has 0 radical (unpaired) electrons. The molecule has 220 valence electrons. The first kappa shape index (κ1) is 31.7. The van der Waals surface area contributed by atoms with E-state index in [4.69, 9.17) is 21.5 Å². The number of halogens is 4. The van der Waals surface area contributed by atoms with E-state index in [1.54, 1.807) is 55.5 Å². The highest BCUT2D eigenvalue weighted by Gasteiger charge is 2.38. The van der Waals surface area contributed by atoms with Crippen LogP contribution in [0.5, 0.6) is 0 Å². The van der Waals surface area contributed by atoms with Crippen molar-refractivity contribution in [2.75, 3.05) is 35.8 Å². The maximum atomic E-state index is 13.2. The molecule has 1 fully saturated rings. The molecule has 0 spiro atoms. The van der Waals surface area contributed by atoms with E-state index in [0.29, 0.717) is 21.8 Å². The molecule has 1 aliphatic heterocycles. The van der Waals surface area contributed by atoms with E-state index in [9.17, 15) is 26.4 Å². The van der Waals surface area contributed by atoms with Crippen molar-refractivity contribution in [1.29, 1.82) is 0 Å². The van der Waals surface area contributed by atoms with Gasteiger partial charge in [0.25, 0.3) is 15.9 Å². The minimum atomic E-state index is -5.08. The van der Waals surface area contributed by atoms with Crippen molar-refractivity contribution in [2.24, 2.45) is 0 Å². The number of sulfonamides is 1. The minimum absolute atomic E-state index is 0.204. The second-order valence-electron chi connectivity index (χ2n) is 8.92. The van der Waals surface area contributed by atoms with Crippen LogP contribution in [0.4, 0.5) is 24.5 Å². The van der Waals surface area contributed by atoms with Gasteiger partial charge in [0.2, 0.25) is 0 Å². The van der Waals surface area contributed by atoms with Gasteiger partial charge in [0.15, 0.2) is 0 Å². The summed E-state index contributed by atoms with van der Waals surface area (Å²) in [7, 11) is -3.85. The summed E-state index contributed by atoms with van der Waals surface area (Å²) in [5, 5.41) is 13.9. The highest BCUT2D eigenvalue weighted by atomic mass is 35.5. The van der Waals surface area contributed by atoms with E-state index < -0.39 is 22.2 Å². The maximum Gasteiger partial charge on any atom is 0.490 e. The van der Waals surface area contributed by atoms with E-state index >= 15 is 0 Å². The van der Waals surface area contributed by atoms with Crippen molar-refractivity contribution in [3.63, 3.8) is 0 Å². The molecular formula is C27H28ClF3N4O5S. The highest BCUT2D eigenvalue weighted by Crippen LogP contribution is 2.30. The Kier molecular flexibility index (Phi) is 10.6. The molecule has 0 bridgehead atoms. The van der Waals surface area contributed by atoms with Crippen LogP contribution in [0.2, 0.25) is 5.02 Å². The first-order valence-electron chi connectivity index (χ1n) is 12.3. The summed E-state index contributed by atoms with van der Waals surface area (Å²) in [6.07, 6.45) is -5.08. The van der Waals surface area contributed by atoms with Crippen LogP contribution in [0.25, 0.3) is 0 Å². The molecule has 4 N–H and O–H groups in total. The molecule has 0 saturated carbocycles. The van der Waals surface area contributed by atoms with E-state index in [2.05, 4.69) is 20.3 Å². The molecule has 1 saturated heterocycles. The van der Waals surface area contributed by atoms with Crippen molar-refractivity contribution >= 4 is 44.9 Å². The van der Waals surface area contributed by atoms with Crippen LogP contribution in [0, 0.1) is 6.92 Å². The Morgan fingerprint density at radius 2 is 1.63 bits per heavy atom. The summed E-state index contributed by atoms with van der Waals surface area (Å²) in [6, 6.07) is 19.2. The fourth-order valence-electron chi connectivity index (χ4n) is 3.92. The predicted octanol–water partition coefficient (Wildman–Crippen LogP) is 4.42. The monoisotopic (exact) mass is 612 g/mol. The number of hydrogen-bond donors (Lipinski definition) is 4. The van der Waals surface area contributed by atoms with Gasteiger partial charge in [-0.3, -0.25) is 9.52 Å². The van der Waals surface area contributed by atoms with Gasteiger partial charge in [-0.15, -0.1) is 0 Å². The van der Waals surface area contributed by atoms with Crippen LogP contribution in [0.1, 0.15) is 21.5 Å². The SMILES string of the molecule is Cc1ccccc1S(=O)(=O)Nc1cc(C(=O)NCc2ccccc2Cl)ccc1N1CCNCC1.O=C(O)C(F)(F)F. The van der Waals surface area contributed by atoms with Crippen molar-refractivity contribution in [1.82, 2.24) is 10.6 Å². The highest BCUT2D eigenvalue weighted by molar-refractivity contribution is 7.92. The third-order valence-corrected chi connectivity index (χ3v) is 7.88. The Labute approximate surface area is 240 Å². The largest absolute Gasteiger partial charge is 0.490 e. The van der Waals surface area contributed by atoms with Gasteiger partial charge in [-0.25, -0.2) is 13.2 Å². The number of carbonyl (C=O) groups excluding carboxylic acids is 1. The number of carboxylic acid groups (broad SMARTS) is 1. The summed E-state index contributed by atoms with van der Waals surface area (Å²) >= 11 is 6.19. The first-order valence-corrected chi connectivity index (χ1v) is 14.2. The topological polar surface area (TPSA) is 128 Å². The quantitative estimate of drug-likeness (QED) is 0.311. The van der Waals surface area contributed by atoms with Crippen LogP contribution in [-0.2, 0) is 21.4 Å². The van der Waals surface area contributed by atoms with Crippen molar-refractivity contribution in [3.8, 4) is 0 Å². The summed E-state index contributed by atoms with van der Waals surface area (Å²) in [6.45, 7) is 5.08. The Morgan fingerprint density at radius 1 is 1.02 bits per heavy atom. The molecule has 9 nitrogen and oxygen atoms in total. The molecule has 1 heterocycles. The van der Waals surface area contributed by atoms with Crippen LogP contribution in [0.15, 0.2) is 71.6 Å². The Balaban J connectivity index is 0.000000587.